The fraction of sp³-hybridized carbons (Fsp3) is 0.308. The van der Waals surface area contributed by atoms with E-state index in [1.165, 1.54) is 15.9 Å². The molecule has 152 valence electrons. The predicted molar refractivity (Wildman–Crippen MR) is 136 cm³/mol. The smallest absolute Gasteiger partial charge is 0.128 e. The van der Waals surface area contributed by atoms with Crippen LogP contribution in [0.25, 0.3) is 0 Å². The maximum atomic E-state index is 13.8. The first-order valence-electron chi connectivity index (χ1n) is 10.5. The molecule has 3 aromatic rings. The Hall–Kier alpha value is -1.22. The Labute approximate surface area is 190 Å². The number of unbranched alkanes of at least 4 members (excludes halogenated alkanes) is 2. The van der Waals surface area contributed by atoms with Crippen molar-refractivity contribution in [3.63, 3.8) is 0 Å². The van der Waals surface area contributed by atoms with Gasteiger partial charge in [-0.3, -0.25) is 0 Å². The molecule has 3 heteroatoms. The maximum Gasteiger partial charge on any atom is 0.128 e. The average Bonchev–Trinajstić information content (AvgIpc) is 2.76. The Morgan fingerprint density at radius 2 is 1.14 bits per heavy atom. The molecule has 29 heavy (non-hydrogen) atoms. The van der Waals surface area contributed by atoms with Gasteiger partial charge in [-0.2, -0.15) is 0 Å². The van der Waals surface area contributed by atoms with Crippen LogP contribution >= 0.6 is 29.9 Å². The third-order valence-corrected chi connectivity index (χ3v) is 13.4. The Balaban J connectivity index is 2.28. The van der Waals surface area contributed by atoms with E-state index in [-0.39, 0.29) is 0 Å². The zero-order valence-electron chi connectivity index (χ0n) is 17.3. The van der Waals surface area contributed by atoms with Gasteiger partial charge in [0.2, 0.25) is 0 Å². The van der Waals surface area contributed by atoms with Crippen LogP contribution in [0.2, 0.25) is 0 Å². The van der Waals surface area contributed by atoms with Gasteiger partial charge < -0.3 is 5.11 Å². The van der Waals surface area contributed by atoms with Crippen molar-refractivity contribution >= 4 is 45.8 Å². The molecule has 0 fully saturated rings. The van der Waals surface area contributed by atoms with Crippen LogP contribution in [0.4, 0.5) is 0 Å². The lowest BCUT2D eigenvalue weighted by Crippen LogP contribution is -2.53. The molecule has 3 aromatic carbocycles. The lowest BCUT2D eigenvalue weighted by Gasteiger charge is -2.46. The maximum absolute atomic E-state index is 13.8. The molecule has 1 nitrogen and oxygen atoms in total. The normalized spacial score (nSPS) is 14.9. The molecule has 2 atom stereocenters. The van der Waals surface area contributed by atoms with Crippen LogP contribution in [0.5, 0.6) is 0 Å². The van der Waals surface area contributed by atoms with Gasteiger partial charge in [0, 0.05) is 0 Å². The fourth-order valence-corrected chi connectivity index (χ4v) is 11.9. The lowest BCUT2D eigenvalue weighted by molar-refractivity contribution is -0.421. The van der Waals surface area contributed by atoms with Crippen molar-refractivity contribution in [3.8, 4) is 0 Å². The quantitative estimate of drug-likeness (QED) is 0.161. The van der Waals surface area contributed by atoms with Gasteiger partial charge in [0.05, 0.1) is 0 Å². The fourth-order valence-electron chi connectivity index (χ4n) is 4.22. The number of halogens is 1. The largest absolute Gasteiger partial charge is 0.848 e. The molecule has 0 aliphatic carbocycles. The molecule has 0 bridgehead atoms. The highest BCUT2D eigenvalue weighted by Crippen LogP contribution is 2.69. The van der Waals surface area contributed by atoms with Gasteiger partial charge in [0.15, 0.2) is 0 Å². The van der Waals surface area contributed by atoms with Gasteiger partial charge >= 0.3 is 0 Å². The number of hydrogen-bond donors (Lipinski definition) is 0. The second-order valence-corrected chi connectivity index (χ2v) is 14.6. The van der Waals surface area contributed by atoms with Crippen LogP contribution in [0, 0.1) is 0 Å². The number of alkyl halides is 1. The third-order valence-electron chi connectivity index (χ3n) is 5.74. The van der Waals surface area contributed by atoms with E-state index >= 15 is 0 Å². The molecule has 0 amide bonds. The Kier molecular flexibility index (Phi) is 7.90. The second kappa shape index (κ2) is 10.2. The molecule has 0 heterocycles. The highest BCUT2D eigenvalue weighted by molar-refractivity contribution is 14.1. The first-order valence-corrected chi connectivity index (χ1v) is 13.3. The molecule has 2 unspecified atom stereocenters. The standard InChI is InChI=1S/C26H30IOP/c1-3-4-8-21-25(28)26(2,27)29(22-15-9-5-10-16-22,23-17-11-6-12-18-23)24-19-13-7-14-20-24/h5-7,9-20,25H,3-4,8,21H2,1-2H3. The van der Waals surface area contributed by atoms with E-state index in [0.717, 1.165) is 25.7 Å². The molecular formula is C26H30IOP. The summed E-state index contributed by atoms with van der Waals surface area (Å²) >= 11 is 2.52. The van der Waals surface area contributed by atoms with E-state index in [0.29, 0.717) is 0 Å². The minimum absolute atomic E-state index is 0.442. The molecule has 3 rings (SSSR count). The van der Waals surface area contributed by atoms with Crippen molar-refractivity contribution in [1.29, 1.82) is 0 Å². The average molecular weight is 516 g/mol. The summed E-state index contributed by atoms with van der Waals surface area (Å²) in [4.78, 5) is 0. The van der Waals surface area contributed by atoms with Crippen LogP contribution in [0.15, 0.2) is 91.0 Å². The summed E-state index contributed by atoms with van der Waals surface area (Å²) in [5.74, 6) is 0. The molecular weight excluding hydrogens is 486 g/mol. The SMILES string of the molecule is CCCCCC([O-])C(C)(I)[P+](c1ccccc1)(c1ccccc1)c1ccccc1. The summed E-state index contributed by atoms with van der Waals surface area (Å²) in [7, 11) is -2.19. The van der Waals surface area contributed by atoms with Crippen LogP contribution in [0.1, 0.15) is 39.5 Å². The summed E-state index contributed by atoms with van der Waals surface area (Å²) < 4.78 is -0.442. The third kappa shape index (κ3) is 4.45. The van der Waals surface area contributed by atoms with Crippen molar-refractivity contribution in [2.24, 2.45) is 0 Å². The highest BCUT2D eigenvalue weighted by atomic mass is 127. The second-order valence-electron chi connectivity index (χ2n) is 7.69. The van der Waals surface area contributed by atoms with Gasteiger partial charge in [0.25, 0.3) is 0 Å². The Morgan fingerprint density at radius 3 is 1.48 bits per heavy atom. The van der Waals surface area contributed by atoms with Gasteiger partial charge in [-0.1, -0.05) is 93.3 Å². The summed E-state index contributed by atoms with van der Waals surface area (Å²) in [6.45, 7) is 4.40. The Morgan fingerprint density at radius 1 is 0.759 bits per heavy atom. The molecule has 0 aliphatic rings. The monoisotopic (exact) mass is 516 g/mol. The van der Waals surface area contributed by atoms with E-state index in [1.807, 2.05) is 0 Å². The van der Waals surface area contributed by atoms with Crippen molar-refractivity contribution in [2.75, 3.05) is 0 Å². The Bertz CT molecular complexity index is 768. The number of benzene rings is 3. The van der Waals surface area contributed by atoms with Crippen molar-refractivity contribution in [3.05, 3.63) is 91.0 Å². The van der Waals surface area contributed by atoms with E-state index in [2.05, 4.69) is 127 Å². The van der Waals surface area contributed by atoms with Crippen molar-refractivity contribution in [1.82, 2.24) is 0 Å². The van der Waals surface area contributed by atoms with Crippen LogP contribution in [0.3, 0.4) is 0 Å². The summed E-state index contributed by atoms with van der Waals surface area (Å²) in [6, 6.07) is 32.2. The van der Waals surface area contributed by atoms with E-state index in [9.17, 15) is 5.11 Å². The molecule has 0 saturated carbocycles. The minimum atomic E-state index is -2.19. The first kappa shape index (κ1) is 22.5. The number of hydrogen-bond acceptors (Lipinski definition) is 1. The zero-order valence-corrected chi connectivity index (χ0v) is 20.4. The molecule has 0 aromatic heterocycles. The van der Waals surface area contributed by atoms with E-state index in [4.69, 9.17) is 0 Å². The summed E-state index contributed by atoms with van der Waals surface area (Å²) in [6.07, 6.45) is 3.35. The van der Waals surface area contributed by atoms with E-state index in [1.54, 1.807) is 0 Å². The van der Waals surface area contributed by atoms with Gasteiger partial charge in [0.1, 0.15) is 26.3 Å². The summed E-state index contributed by atoms with van der Waals surface area (Å²) in [5, 5.41) is 17.7. The molecule has 0 aliphatic heterocycles. The van der Waals surface area contributed by atoms with Crippen molar-refractivity contribution < 1.29 is 5.11 Å². The van der Waals surface area contributed by atoms with Gasteiger partial charge in [-0.05, 0) is 65.9 Å². The lowest BCUT2D eigenvalue weighted by atomic mass is 10.1. The van der Waals surface area contributed by atoms with Gasteiger partial charge in [-0.15, -0.1) is 0 Å². The molecule has 0 spiro atoms. The summed E-state index contributed by atoms with van der Waals surface area (Å²) in [5.41, 5.74) is 0. The number of rotatable bonds is 9. The topological polar surface area (TPSA) is 23.1 Å². The van der Waals surface area contributed by atoms with Crippen molar-refractivity contribution in [2.45, 2.75) is 48.8 Å². The van der Waals surface area contributed by atoms with Crippen LogP contribution < -0.4 is 21.0 Å². The predicted octanol–water partition coefficient (Wildman–Crippen LogP) is 5.44. The molecule has 0 radical (unpaired) electrons. The van der Waals surface area contributed by atoms with Crippen LogP contribution in [-0.4, -0.2) is 9.27 Å². The highest BCUT2D eigenvalue weighted by Gasteiger charge is 2.59. The van der Waals surface area contributed by atoms with Crippen LogP contribution in [-0.2, 0) is 0 Å². The molecule has 0 N–H and O–H groups in total. The zero-order chi connectivity index (χ0) is 20.7. The minimum Gasteiger partial charge on any atom is -0.848 e. The molecule has 0 saturated heterocycles. The van der Waals surface area contributed by atoms with Gasteiger partial charge in [-0.25, -0.2) is 0 Å². The first-order chi connectivity index (χ1) is 14.0. The van der Waals surface area contributed by atoms with E-state index < -0.39 is 16.5 Å².